The molecule has 3 aromatic rings. The fourth-order valence-corrected chi connectivity index (χ4v) is 4.06. The number of hydrogen-bond acceptors (Lipinski definition) is 4. The van der Waals surface area contributed by atoms with Crippen LogP contribution in [0.2, 0.25) is 0 Å². The summed E-state index contributed by atoms with van der Waals surface area (Å²) in [6, 6.07) is 21.5. The molecule has 0 atom stereocenters. The maximum Gasteiger partial charge on any atom is 0.258 e. The van der Waals surface area contributed by atoms with Crippen LogP contribution in [0.5, 0.6) is 5.75 Å². The summed E-state index contributed by atoms with van der Waals surface area (Å²) >= 11 is 0. The number of hydrogen-bond donors (Lipinski definition) is 0. The van der Waals surface area contributed by atoms with Gasteiger partial charge in [0.15, 0.2) is 0 Å². The van der Waals surface area contributed by atoms with E-state index < -0.39 is 0 Å². The van der Waals surface area contributed by atoms with E-state index in [2.05, 4.69) is 16.0 Å². The summed E-state index contributed by atoms with van der Waals surface area (Å²) in [6.45, 7) is 2.79. The number of benzene rings is 2. The largest absolute Gasteiger partial charge is 0.497 e. The van der Waals surface area contributed by atoms with Crippen molar-refractivity contribution in [2.45, 2.75) is 25.4 Å². The zero-order valence-electron chi connectivity index (χ0n) is 17.3. The average Bonchev–Trinajstić information content (AvgIpc) is 2.82. The fraction of sp³-hybridized carbons (Fsp3) is 0.280. The third-order valence-corrected chi connectivity index (χ3v) is 5.62. The molecule has 2 heterocycles. The van der Waals surface area contributed by atoms with Crippen molar-refractivity contribution >= 4 is 11.6 Å². The maximum atomic E-state index is 13.5. The minimum atomic E-state index is 0.0366. The van der Waals surface area contributed by atoms with Crippen molar-refractivity contribution in [2.75, 3.05) is 25.1 Å². The molecule has 2 aromatic carbocycles. The summed E-state index contributed by atoms with van der Waals surface area (Å²) in [6.07, 6.45) is 5.58. The van der Waals surface area contributed by atoms with Gasteiger partial charge in [0.05, 0.1) is 7.11 Å². The van der Waals surface area contributed by atoms with Crippen LogP contribution in [0.3, 0.4) is 0 Å². The van der Waals surface area contributed by atoms with Crippen molar-refractivity contribution in [3.05, 3.63) is 90.3 Å². The van der Waals surface area contributed by atoms with Crippen molar-refractivity contribution in [3.8, 4) is 5.75 Å². The lowest BCUT2D eigenvalue weighted by Crippen LogP contribution is -2.47. The normalized spacial score (nSPS) is 15.0. The van der Waals surface area contributed by atoms with Gasteiger partial charge >= 0.3 is 0 Å². The molecule has 1 aromatic heterocycles. The second-order valence-corrected chi connectivity index (χ2v) is 7.61. The number of anilines is 1. The summed E-state index contributed by atoms with van der Waals surface area (Å²) in [5, 5.41) is 0. The van der Waals surface area contributed by atoms with Crippen LogP contribution >= 0.6 is 0 Å². The summed E-state index contributed by atoms with van der Waals surface area (Å²) < 4.78 is 5.41. The van der Waals surface area contributed by atoms with Gasteiger partial charge in [0, 0.05) is 55.4 Å². The molecule has 4 rings (SSSR count). The molecule has 5 nitrogen and oxygen atoms in total. The first-order valence-corrected chi connectivity index (χ1v) is 10.4. The van der Waals surface area contributed by atoms with Crippen LogP contribution in [0, 0.1) is 0 Å². The van der Waals surface area contributed by atoms with E-state index in [0.717, 1.165) is 43.9 Å². The molecular formula is C25H27N3O2. The zero-order chi connectivity index (χ0) is 20.8. The molecule has 0 radical (unpaired) electrons. The molecule has 0 bridgehead atoms. The number of piperidine rings is 1. The summed E-state index contributed by atoms with van der Waals surface area (Å²) in [5.74, 6) is 0.793. The highest BCUT2D eigenvalue weighted by Gasteiger charge is 2.30. The number of pyridine rings is 1. The van der Waals surface area contributed by atoms with Gasteiger partial charge in [-0.25, -0.2) is 0 Å². The van der Waals surface area contributed by atoms with Gasteiger partial charge in [-0.15, -0.1) is 0 Å². The SMILES string of the molecule is COc1cccc(N(C(=O)c2ccccc2)C2CCN(Cc3cccnc3)CC2)c1. The van der Waals surface area contributed by atoms with E-state index >= 15 is 0 Å². The third kappa shape index (κ3) is 4.69. The Hall–Kier alpha value is -3.18. The van der Waals surface area contributed by atoms with Gasteiger partial charge in [0.2, 0.25) is 0 Å². The highest BCUT2D eigenvalue weighted by Crippen LogP contribution is 2.29. The summed E-state index contributed by atoms with van der Waals surface area (Å²) in [5.41, 5.74) is 2.81. The van der Waals surface area contributed by atoms with Crippen molar-refractivity contribution in [3.63, 3.8) is 0 Å². The van der Waals surface area contributed by atoms with E-state index in [1.54, 1.807) is 13.3 Å². The fourth-order valence-electron chi connectivity index (χ4n) is 4.06. The lowest BCUT2D eigenvalue weighted by molar-refractivity contribution is 0.0958. The lowest BCUT2D eigenvalue weighted by Gasteiger charge is -2.38. The molecule has 154 valence electrons. The van der Waals surface area contributed by atoms with Crippen molar-refractivity contribution < 1.29 is 9.53 Å². The third-order valence-electron chi connectivity index (χ3n) is 5.62. The molecule has 0 N–H and O–H groups in total. The average molecular weight is 402 g/mol. The molecule has 1 amide bonds. The zero-order valence-corrected chi connectivity index (χ0v) is 17.3. The molecule has 1 aliphatic rings. The molecule has 1 saturated heterocycles. The smallest absolute Gasteiger partial charge is 0.258 e. The molecule has 0 aliphatic carbocycles. The molecule has 1 aliphatic heterocycles. The number of carbonyl (C=O) groups excluding carboxylic acids is 1. The van der Waals surface area contributed by atoms with Crippen LogP contribution in [-0.4, -0.2) is 42.0 Å². The van der Waals surface area contributed by atoms with Gasteiger partial charge in [-0.2, -0.15) is 0 Å². The van der Waals surface area contributed by atoms with Crippen LogP contribution in [-0.2, 0) is 6.54 Å². The van der Waals surface area contributed by atoms with Gasteiger partial charge in [0.25, 0.3) is 5.91 Å². The Kier molecular flexibility index (Phi) is 6.40. The molecule has 0 unspecified atom stereocenters. The van der Waals surface area contributed by atoms with Crippen LogP contribution < -0.4 is 9.64 Å². The first kappa shape index (κ1) is 20.1. The lowest BCUT2D eigenvalue weighted by atomic mass is 10.00. The predicted molar refractivity (Wildman–Crippen MR) is 119 cm³/mol. The highest BCUT2D eigenvalue weighted by atomic mass is 16.5. The number of rotatable bonds is 6. The van der Waals surface area contributed by atoms with Crippen molar-refractivity contribution in [1.29, 1.82) is 0 Å². The molecule has 0 saturated carbocycles. The molecule has 30 heavy (non-hydrogen) atoms. The summed E-state index contributed by atoms with van der Waals surface area (Å²) in [7, 11) is 1.65. The first-order valence-electron chi connectivity index (χ1n) is 10.4. The maximum absolute atomic E-state index is 13.5. The molecule has 0 spiro atoms. The quantitative estimate of drug-likeness (QED) is 0.614. The van der Waals surface area contributed by atoms with Crippen molar-refractivity contribution in [2.24, 2.45) is 0 Å². The molecule has 5 heteroatoms. The number of methoxy groups -OCH3 is 1. The van der Waals surface area contributed by atoms with Gasteiger partial charge in [0.1, 0.15) is 5.75 Å². The minimum absolute atomic E-state index is 0.0366. The standard InChI is InChI=1S/C25H27N3O2/c1-30-24-11-5-10-23(17-24)28(25(29)21-8-3-2-4-9-21)22-12-15-27(16-13-22)19-20-7-6-14-26-18-20/h2-11,14,17-18,22H,12-13,15-16,19H2,1H3. The monoisotopic (exact) mass is 401 g/mol. The number of likely N-dealkylation sites (tertiary alicyclic amines) is 1. The second kappa shape index (κ2) is 9.55. The first-order chi connectivity index (χ1) is 14.7. The Morgan fingerprint density at radius 3 is 2.57 bits per heavy atom. The van der Waals surface area contributed by atoms with Gasteiger partial charge in [-0.05, 0) is 48.7 Å². The number of carbonyl (C=O) groups is 1. The Morgan fingerprint density at radius 1 is 1.07 bits per heavy atom. The van der Waals surface area contributed by atoms with Gasteiger partial charge in [-0.1, -0.05) is 30.3 Å². The Morgan fingerprint density at radius 2 is 1.87 bits per heavy atom. The van der Waals surface area contributed by atoms with E-state index in [9.17, 15) is 4.79 Å². The Labute approximate surface area is 177 Å². The van der Waals surface area contributed by atoms with Gasteiger partial charge < -0.3 is 9.64 Å². The van der Waals surface area contributed by atoms with Crippen LogP contribution in [0.4, 0.5) is 5.69 Å². The van der Waals surface area contributed by atoms with Crippen molar-refractivity contribution in [1.82, 2.24) is 9.88 Å². The number of amides is 1. The topological polar surface area (TPSA) is 45.7 Å². The minimum Gasteiger partial charge on any atom is -0.497 e. The van der Waals surface area contributed by atoms with Crippen LogP contribution in [0.25, 0.3) is 0 Å². The Balaban J connectivity index is 1.53. The number of aromatic nitrogens is 1. The Bertz CT molecular complexity index is 954. The van der Waals surface area contributed by atoms with E-state index in [1.165, 1.54) is 5.56 Å². The number of ether oxygens (including phenoxy) is 1. The van der Waals surface area contributed by atoms with Crippen LogP contribution in [0.15, 0.2) is 79.1 Å². The summed E-state index contributed by atoms with van der Waals surface area (Å²) in [4.78, 5) is 22.1. The van der Waals surface area contributed by atoms with E-state index in [1.807, 2.05) is 71.8 Å². The van der Waals surface area contributed by atoms with E-state index in [0.29, 0.717) is 5.56 Å². The van der Waals surface area contributed by atoms with E-state index in [-0.39, 0.29) is 11.9 Å². The van der Waals surface area contributed by atoms with Gasteiger partial charge in [-0.3, -0.25) is 14.7 Å². The predicted octanol–water partition coefficient (Wildman–Crippen LogP) is 4.40. The number of nitrogens with zero attached hydrogens (tertiary/aromatic N) is 3. The van der Waals surface area contributed by atoms with E-state index in [4.69, 9.17) is 4.74 Å². The molecular weight excluding hydrogens is 374 g/mol. The molecule has 1 fully saturated rings. The van der Waals surface area contributed by atoms with Crippen LogP contribution in [0.1, 0.15) is 28.8 Å². The second-order valence-electron chi connectivity index (χ2n) is 7.61. The highest BCUT2D eigenvalue weighted by molar-refractivity contribution is 6.06.